The standard InChI is InChI=1S/C18H17ClN2O3/c1-12-10-16(15-4-2-3-5-17(15)22)21(20-12)18(23)11-24-14-8-6-13(19)7-9-14/h2-9,16,22H,10-11H2,1H3. The minimum absolute atomic E-state index is 0.136. The molecule has 0 radical (unpaired) electrons. The fourth-order valence-electron chi connectivity index (χ4n) is 2.64. The number of phenolic OH excluding ortho intramolecular Hbond substituents is 1. The van der Waals surface area contributed by atoms with Gasteiger partial charge in [-0.2, -0.15) is 5.10 Å². The van der Waals surface area contributed by atoms with Gasteiger partial charge in [0.15, 0.2) is 6.61 Å². The largest absolute Gasteiger partial charge is 0.508 e. The van der Waals surface area contributed by atoms with Gasteiger partial charge in [-0.05, 0) is 37.3 Å². The van der Waals surface area contributed by atoms with E-state index in [1.54, 1.807) is 42.5 Å². The number of benzene rings is 2. The zero-order valence-corrected chi connectivity index (χ0v) is 13.9. The summed E-state index contributed by atoms with van der Waals surface area (Å²) in [6, 6.07) is 13.5. The zero-order chi connectivity index (χ0) is 17.1. The quantitative estimate of drug-likeness (QED) is 0.918. The fourth-order valence-corrected chi connectivity index (χ4v) is 2.77. The average Bonchev–Trinajstić information content (AvgIpc) is 2.96. The number of nitrogens with zero attached hydrogens (tertiary/aromatic N) is 2. The Labute approximate surface area is 145 Å². The molecule has 0 saturated heterocycles. The number of carbonyl (C=O) groups excluding carboxylic acids is 1. The van der Waals surface area contributed by atoms with Crippen LogP contribution in [0.1, 0.15) is 24.9 Å². The molecule has 0 aromatic heterocycles. The minimum Gasteiger partial charge on any atom is -0.508 e. The van der Waals surface area contributed by atoms with Crippen molar-refractivity contribution < 1.29 is 14.6 Å². The van der Waals surface area contributed by atoms with Crippen LogP contribution in [0.4, 0.5) is 0 Å². The SMILES string of the molecule is CC1=NN(C(=O)COc2ccc(Cl)cc2)C(c2ccccc2O)C1. The summed E-state index contributed by atoms with van der Waals surface area (Å²) in [5, 5.41) is 16.4. The van der Waals surface area contributed by atoms with E-state index >= 15 is 0 Å². The Balaban J connectivity index is 1.72. The highest BCUT2D eigenvalue weighted by atomic mass is 35.5. The van der Waals surface area contributed by atoms with Crippen molar-refractivity contribution >= 4 is 23.2 Å². The minimum atomic E-state index is -0.312. The number of hydrogen-bond donors (Lipinski definition) is 1. The Morgan fingerprint density at radius 1 is 1.29 bits per heavy atom. The molecule has 124 valence electrons. The Morgan fingerprint density at radius 2 is 2.00 bits per heavy atom. The van der Waals surface area contributed by atoms with Crippen LogP contribution >= 0.6 is 11.6 Å². The summed E-state index contributed by atoms with van der Waals surface area (Å²) in [5.41, 5.74) is 1.51. The second kappa shape index (κ2) is 6.93. The summed E-state index contributed by atoms with van der Waals surface area (Å²) in [7, 11) is 0. The van der Waals surface area contributed by atoms with Crippen molar-refractivity contribution in [2.75, 3.05) is 6.61 Å². The lowest BCUT2D eigenvalue weighted by molar-refractivity contribution is -0.135. The molecule has 1 amide bonds. The number of para-hydroxylation sites is 1. The first-order valence-electron chi connectivity index (χ1n) is 7.57. The smallest absolute Gasteiger partial charge is 0.281 e. The third-order valence-electron chi connectivity index (χ3n) is 3.79. The molecule has 6 heteroatoms. The Morgan fingerprint density at radius 3 is 2.71 bits per heavy atom. The Kier molecular flexibility index (Phi) is 4.71. The molecule has 1 aliphatic heterocycles. The maximum absolute atomic E-state index is 12.5. The third kappa shape index (κ3) is 3.51. The van der Waals surface area contributed by atoms with Crippen LogP contribution in [0, 0.1) is 0 Å². The van der Waals surface area contributed by atoms with Crippen LogP contribution < -0.4 is 4.74 Å². The molecule has 1 atom stereocenters. The molecule has 3 rings (SSSR count). The fraction of sp³-hybridized carbons (Fsp3) is 0.222. The van der Waals surface area contributed by atoms with E-state index in [4.69, 9.17) is 16.3 Å². The van der Waals surface area contributed by atoms with Crippen molar-refractivity contribution in [3.63, 3.8) is 0 Å². The van der Waals surface area contributed by atoms with Crippen LogP contribution in [0.25, 0.3) is 0 Å². The summed E-state index contributed by atoms with van der Waals surface area (Å²) in [6.07, 6.45) is 0.588. The van der Waals surface area contributed by atoms with Crippen molar-refractivity contribution in [2.45, 2.75) is 19.4 Å². The lowest BCUT2D eigenvalue weighted by Crippen LogP contribution is -2.31. The predicted octanol–water partition coefficient (Wildman–Crippen LogP) is 3.77. The number of ether oxygens (including phenoxy) is 1. The molecule has 0 bridgehead atoms. The molecular weight excluding hydrogens is 328 g/mol. The maximum Gasteiger partial charge on any atom is 0.281 e. The van der Waals surface area contributed by atoms with E-state index in [0.29, 0.717) is 22.8 Å². The summed E-state index contributed by atoms with van der Waals surface area (Å²) < 4.78 is 5.50. The van der Waals surface area contributed by atoms with Crippen LogP contribution in [0.15, 0.2) is 53.6 Å². The van der Waals surface area contributed by atoms with E-state index in [1.807, 2.05) is 13.0 Å². The highest BCUT2D eigenvalue weighted by molar-refractivity contribution is 6.30. The van der Waals surface area contributed by atoms with E-state index in [2.05, 4.69) is 5.10 Å². The third-order valence-corrected chi connectivity index (χ3v) is 4.04. The molecule has 2 aromatic carbocycles. The monoisotopic (exact) mass is 344 g/mol. The van der Waals surface area contributed by atoms with Gasteiger partial charge in [0.2, 0.25) is 0 Å². The molecular formula is C18H17ClN2O3. The summed E-state index contributed by atoms with van der Waals surface area (Å²) in [4.78, 5) is 12.5. The first-order valence-corrected chi connectivity index (χ1v) is 7.95. The number of rotatable bonds is 4. The lowest BCUT2D eigenvalue weighted by atomic mass is 10.0. The molecule has 0 saturated carbocycles. The van der Waals surface area contributed by atoms with Gasteiger partial charge >= 0.3 is 0 Å². The second-order valence-corrected chi connectivity index (χ2v) is 6.03. The molecule has 0 spiro atoms. The lowest BCUT2D eigenvalue weighted by Gasteiger charge is -2.22. The number of aromatic hydroxyl groups is 1. The van der Waals surface area contributed by atoms with Crippen molar-refractivity contribution in [3.8, 4) is 11.5 Å². The number of halogens is 1. The van der Waals surface area contributed by atoms with Crippen LogP contribution in [-0.2, 0) is 4.79 Å². The van der Waals surface area contributed by atoms with E-state index in [-0.39, 0.29) is 24.3 Å². The summed E-state index contributed by atoms with van der Waals surface area (Å²) in [6.45, 7) is 1.73. The van der Waals surface area contributed by atoms with E-state index < -0.39 is 0 Å². The number of phenols is 1. The van der Waals surface area contributed by atoms with Gasteiger partial charge in [0, 0.05) is 22.7 Å². The summed E-state index contributed by atoms with van der Waals surface area (Å²) >= 11 is 5.82. The normalized spacial score (nSPS) is 16.8. The van der Waals surface area contributed by atoms with Gasteiger partial charge in [0.25, 0.3) is 5.91 Å². The first kappa shape index (κ1) is 16.3. The van der Waals surface area contributed by atoms with Gasteiger partial charge in [-0.3, -0.25) is 4.79 Å². The van der Waals surface area contributed by atoms with Crippen molar-refractivity contribution in [1.29, 1.82) is 0 Å². The number of hydrazone groups is 1. The molecule has 2 aromatic rings. The van der Waals surface area contributed by atoms with Gasteiger partial charge in [-0.15, -0.1) is 0 Å². The maximum atomic E-state index is 12.5. The topological polar surface area (TPSA) is 62.1 Å². The van der Waals surface area contributed by atoms with Crippen LogP contribution in [0.2, 0.25) is 5.02 Å². The van der Waals surface area contributed by atoms with Gasteiger partial charge in [0.05, 0.1) is 6.04 Å². The number of carbonyl (C=O) groups is 1. The van der Waals surface area contributed by atoms with Gasteiger partial charge in [0.1, 0.15) is 11.5 Å². The van der Waals surface area contributed by atoms with Crippen LogP contribution in [-0.4, -0.2) is 28.3 Å². The molecule has 24 heavy (non-hydrogen) atoms. The van der Waals surface area contributed by atoms with Crippen molar-refractivity contribution in [2.24, 2.45) is 5.10 Å². The number of amides is 1. The second-order valence-electron chi connectivity index (χ2n) is 5.59. The van der Waals surface area contributed by atoms with E-state index in [1.165, 1.54) is 5.01 Å². The molecule has 1 heterocycles. The zero-order valence-electron chi connectivity index (χ0n) is 13.1. The van der Waals surface area contributed by atoms with Crippen molar-refractivity contribution in [1.82, 2.24) is 5.01 Å². The highest BCUT2D eigenvalue weighted by Crippen LogP contribution is 2.35. The molecule has 1 aliphatic rings. The molecule has 0 aliphatic carbocycles. The molecule has 5 nitrogen and oxygen atoms in total. The van der Waals surface area contributed by atoms with Gasteiger partial charge < -0.3 is 9.84 Å². The van der Waals surface area contributed by atoms with Crippen LogP contribution in [0.5, 0.6) is 11.5 Å². The van der Waals surface area contributed by atoms with Gasteiger partial charge in [-0.1, -0.05) is 29.8 Å². The Hall–Kier alpha value is -2.53. The Bertz CT molecular complexity index is 774. The number of hydrogen-bond acceptors (Lipinski definition) is 4. The van der Waals surface area contributed by atoms with Gasteiger partial charge in [-0.25, -0.2) is 5.01 Å². The first-order chi connectivity index (χ1) is 11.5. The molecule has 1 N–H and O–H groups in total. The highest BCUT2D eigenvalue weighted by Gasteiger charge is 2.32. The van der Waals surface area contributed by atoms with Crippen LogP contribution in [0.3, 0.4) is 0 Å². The molecule has 0 fully saturated rings. The average molecular weight is 345 g/mol. The molecule has 1 unspecified atom stereocenters. The predicted molar refractivity (Wildman–Crippen MR) is 92.4 cm³/mol. The summed E-state index contributed by atoms with van der Waals surface area (Å²) in [5.74, 6) is 0.450. The van der Waals surface area contributed by atoms with E-state index in [9.17, 15) is 9.90 Å². The van der Waals surface area contributed by atoms with E-state index in [0.717, 1.165) is 5.71 Å². The van der Waals surface area contributed by atoms with Crippen molar-refractivity contribution in [3.05, 3.63) is 59.1 Å².